The predicted octanol–water partition coefficient (Wildman–Crippen LogP) is 3.73. The molecule has 0 heterocycles. The quantitative estimate of drug-likeness (QED) is 0.594. The van der Waals surface area contributed by atoms with E-state index in [0.717, 1.165) is 16.7 Å². The van der Waals surface area contributed by atoms with Gasteiger partial charge in [0.05, 0.1) is 19.1 Å². The summed E-state index contributed by atoms with van der Waals surface area (Å²) >= 11 is 0. The normalized spacial score (nSPS) is 11.2. The summed E-state index contributed by atoms with van der Waals surface area (Å²) < 4.78 is 5.05. The van der Waals surface area contributed by atoms with Crippen LogP contribution >= 0.6 is 12.4 Å². The SMILES string of the molecule is CCOC(=O)CC(NC(=O)c1cc(N)ccc1C)c1ccccc1C.Cl. The van der Waals surface area contributed by atoms with Gasteiger partial charge in [0.2, 0.25) is 0 Å². The van der Waals surface area contributed by atoms with Gasteiger partial charge in [0.25, 0.3) is 5.91 Å². The second-order valence-corrected chi connectivity index (χ2v) is 5.97. The molecule has 1 amide bonds. The molecule has 2 aromatic rings. The van der Waals surface area contributed by atoms with Crippen LogP contribution in [0.4, 0.5) is 5.69 Å². The number of hydrogen-bond donors (Lipinski definition) is 2. The van der Waals surface area contributed by atoms with E-state index in [0.29, 0.717) is 17.9 Å². The summed E-state index contributed by atoms with van der Waals surface area (Å²) in [7, 11) is 0. The largest absolute Gasteiger partial charge is 0.466 e. The smallest absolute Gasteiger partial charge is 0.308 e. The number of nitrogens with one attached hydrogen (secondary N) is 1. The standard InChI is InChI=1S/C20H24N2O3.ClH/c1-4-25-19(23)12-18(16-8-6-5-7-13(16)2)22-20(24)17-11-15(21)10-9-14(17)3;/h5-11,18H,4,12,21H2,1-3H3,(H,22,24);1H. The van der Waals surface area contributed by atoms with Crippen LogP contribution in [0.1, 0.15) is 46.4 Å². The highest BCUT2D eigenvalue weighted by Crippen LogP contribution is 2.23. The first-order chi connectivity index (χ1) is 11.9. The summed E-state index contributed by atoms with van der Waals surface area (Å²) in [5.41, 5.74) is 9.54. The molecular formula is C20H25ClN2O3. The Kier molecular flexibility index (Phi) is 8.13. The monoisotopic (exact) mass is 376 g/mol. The Morgan fingerprint density at radius 2 is 1.81 bits per heavy atom. The number of anilines is 1. The van der Waals surface area contributed by atoms with Gasteiger partial charge in [0.1, 0.15) is 0 Å². The van der Waals surface area contributed by atoms with E-state index in [1.165, 1.54) is 0 Å². The zero-order valence-corrected chi connectivity index (χ0v) is 16.1. The van der Waals surface area contributed by atoms with E-state index in [1.54, 1.807) is 25.1 Å². The third kappa shape index (κ3) is 5.49. The number of amides is 1. The van der Waals surface area contributed by atoms with Crippen molar-refractivity contribution in [3.8, 4) is 0 Å². The lowest BCUT2D eigenvalue weighted by atomic mass is 9.98. The molecule has 1 atom stereocenters. The summed E-state index contributed by atoms with van der Waals surface area (Å²) in [5, 5.41) is 2.95. The number of carbonyl (C=O) groups excluding carboxylic acids is 2. The number of aryl methyl sites for hydroxylation is 2. The molecule has 0 aliphatic carbocycles. The fourth-order valence-corrected chi connectivity index (χ4v) is 2.72. The van der Waals surface area contributed by atoms with E-state index in [-0.39, 0.29) is 30.7 Å². The van der Waals surface area contributed by atoms with Gasteiger partial charge in [-0.05, 0) is 49.6 Å². The van der Waals surface area contributed by atoms with E-state index in [9.17, 15) is 9.59 Å². The van der Waals surface area contributed by atoms with E-state index in [2.05, 4.69) is 5.32 Å². The van der Waals surface area contributed by atoms with Crippen molar-refractivity contribution in [2.24, 2.45) is 0 Å². The molecule has 26 heavy (non-hydrogen) atoms. The van der Waals surface area contributed by atoms with Gasteiger partial charge >= 0.3 is 5.97 Å². The lowest BCUT2D eigenvalue weighted by molar-refractivity contribution is -0.143. The molecule has 1 unspecified atom stereocenters. The number of rotatable bonds is 6. The van der Waals surface area contributed by atoms with E-state index in [4.69, 9.17) is 10.5 Å². The maximum Gasteiger partial charge on any atom is 0.308 e. The Balaban J connectivity index is 0.00000338. The highest BCUT2D eigenvalue weighted by atomic mass is 35.5. The maximum atomic E-state index is 12.7. The van der Waals surface area contributed by atoms with Crippen molar-refractivity contribution in [2.45, 2.75) is 33.2 Å². The van der Waals surface area contributed by atoms with Crippen LogP contribution in [0, 0.1) is 13.8 Å². The summed E-state index contributed by atoms with van der Waals surface area (Å²) in [4.78, 5) is 24.7. The van der Waals surface area contributed by atoms with Gasteiger partial charge in [-0.2, -0.15) is 0 Å². The molecule has 0 aromatic heterocycles. The molecule has 0 aliphatic rings. The zero-order chi connectivity index (χ0) is 18.4. The molecule has 0 saturated heterocycles. The van der Waals surface area contributed by atoms with Crippen LogP contribution in [0.25, 0.3) is 0 Å². The first kappa shape index (κ1) is 21.5. The van der Waals surface area contributed by atoms with Crippen LogP contribution in [0.15, 0.2) is 42.5 Å². The van der Waals surface area contributed by atoms with Crippen LogP contribution in [0.2, 0.25) is 0 Å². The minimum Gasteiger partial charge on any atom is -0.466 e. The Bertz CT molecular complexity index is 777. The molecule has 0 saturated carbocycles. The Morgan fingerprint density at radius 1 is 1.12 bits per heavy atom. The second kappa shape index (κ2) is 9.82. The first-order valence-electron chi connectivity index (χ1n) is 8.30. The van der Waals surface area contributed by atoms with Crippen molar-refractivity contribution >= 4 is 30.0 Å². The zero-order valence-electron chi connectivity index (χ0n) is 15.2. The minimum absolute atomic E-state index is 0. The molecule has 2 rings (SSSR count). The van der Waals surface area contributed by atoms with Gasteiger partial charge in [0.15, 0.2) is 0 Å². The fourth-order valence-electron chi connectivity index (χ4n) is 2.72. The molecule has 0 radical (unpaired) electrons. The van der Waals surface area contributed by atoms with Crippen molar-refractivity contribution in [1.29, 1.82) is 0 Å². The molecule has 6 heteroatoms. The highest BCUT2D eigenvalue weighted by Gasteiger charge is 2.22. The third-order valence-corrected chi connectivity index (χ3v) is 4.05. The highest BCUT2D eigenvalue weighted by molar-refractivity contribution is 5.97. The average molecular weight is 377 g/mol. The number of nitrogens with two attached hydrogens (primary N) is 1. The second-order valence-electron chi connectivity index (χ2n) is 5.97. The number of ether oxygens (including phenoxy) is 1. The van der Waals surface area contributed by atoms with Gasteiger partial charge in [-0.1, -0.05) is 30.3 Å². The van der Waals surface area contributed by atoms with Crippen molar-refractivity contribution in [1.82, 2.24) is 5.32 Å². The number of esters is 1. The van der Waals surface area contributed by atoms with Gasteiger partial charge in [-0.25, -0.2) is 0 Å². The van der Waals surface area contributed by atoms with Crippen LogP contribution in [0.3, 0.4) is 0 Å². The van der Waals surface area contributed by atoms with Gasteiger partial charge < -0.3 is 15.8 Å². The fraction of sp³-hybridized carbons (Fsp3) is 0.300. The van der Waals surface area contributed by atoms with Crippen molar-refractivity contribution in [3.63, 3.8) is 0 Å². The number of hydrogen-bond acceptors (Lipinski definition) is 4. The maximum absolute atomic E-state index is 12.7. The number of nitrogen functional groups attached to an aromatic ring is 1. The molecular weight excluding hydrogens is 352 g/mol. The average Bonchev–Trinajstić information content (AvgIpc) is 2.57. The Morgan fingerprint density at radius 3 is 2.46 bits per heavy atom. The van der Waals surface area contributed by atoms with Crippen LogP contribution < -0.4 is 11.1 Å². The van der Waals surface area contributed by atoms with Crippen molar-refractivity contribution in [2.75, 3.05) is 12.3 Å². The van der Waals surface area contributed by atoms with Gasteiger partial charge in [-0.3, -0.25) is 9.59 Å². The molecule has 0 fully saturated rings. The topological polar surface area (TPSA) is 81.4 Å². The van der Waals surface area contributed by atoms with Crippen LogP contribution in [0.5, 0.6) is 0 Å². The molecule has 5 nitrogen and oxygen atoms in total. The van der Waals surface area contributed by atoms with Gasteiger partial charge in [0, 0.05) is 11.3 Å². The number of halogens is 1. The third-order valence-electron chi connectivity index (χ3n) is 4.05. The van der Waals surface area contributed by atoms with Crippen molar-refractivity contribution in [3.05, 3.63) is 64.7 Å². The lowest BCUT2D eigenvalue weighted by Gasteiger charge is -2.21. The minimum atomic E-state index is -0.464. The van der Waals surface area contributed by atoms with E-state index < -0.39 is 6.04 Å². The number of carbonyl (C=O) groups is 2. The molecule has 0 spiro atoms. The molecule has 2 aromatic carbocycles. The Labute approximate surface area is 160 Å². The van der Waals surface area contributed by atoms with E-state index in [1.807, 2.05) is 38.1 Å². The van der Waals surface area contributed by atoms with Crippen LogP contribution in [-0.4, -0.2) is 18.5 Å². The molecule has 0 bridgehead atoms. The first-order valence-corrected chi connectivity index (χ1v) is 8.30. The molecule has 140 valence electrons. The molecule has 3 N–H and O–H groups in total. The van der Waals surface area contributed by atoms with Gasteiger partial charge in [-0.15, -0.1) is 12.4 Å². The van der Waals surface area contributed by atoms with E-state index >= 15 is 0 Å². The lowest BCUT2D eigenvalue weighted by Crippen LogP contribution is -2.31. The summed E-state index contributed by atoms with van der Waals surface area (Å²) in [6.07, 6.45) is 0.0752. The molecule has 0 aliphatic heterocycles. The summed E-state index contributed by atoms with van der Waals surface area (Å²) in [5.74, 6) is -0.609. The Hall–Kier alpha value is -2.53. The van der Waals surface area contributed by atoms with Crippen LogP contribution in [-0.2, 0) is 9.53 Å². The number of benzene rings is 2. The van der Waals surface area contributed by atoms with Crippen molar-refractivity contribution < 1.29 is 14.3 Å². The summed E-state index contributed by atoms with van der Waals surface area (Å²) in [6, 6.07) is 12.4. The summed E-state index contributed by atoms with van der Waals surface area (Å²) in [6.45, 7) is 5.87. The predicted molar refractivity (Wildman–Crippen MR) is 105 cm³/mol.